The second kappa shape index (κ2) is 8.95. The van der Waals surface area contributed by atoms with Crippen molar-refractivity contribution in [3.8, 4) is 0 Å². The number of alkyl halides is 2. The minimum Gasteiger partial charge on any atom is -0.382 e. The van der Waals surface area contributed by atoms with Crippen molar-refractivity contribution >= 4 is 11.8 Å². The number of halogens is 4. The van der Waals surface area contributed by atoms with E-state index < -0.39 is 35.5 Å². The topological polar surface area (TPSA) is 68.8 Å². The van der Waals surface area contributed by atoms with E-state index in [1.165, 1.54) is 52.1 Å². The van der Waals surface area contributed by atoms with Crippen molar-refractivity contribution in [1.82, 2.24) is 24.3 Å². The molecular formula is C18H19F4N5OS. The molecule has 0 aliphatic carbocycles. The molecule has 0 bridgehead atoms. The Balaban J connectivity index is 1.85. The number of nitrogens with zero attached hydrogens (tertiary/aromatic N) is 5. The first-order valence-corrected chi connectivity index (χ1v) is 9.74. The van der Waals surface area contributed by atoms with Crippen LogP contribution in [0.3, 0.4) is 0 Å². The molecule has 3 rings (SSSR count). The summed E-state index contributed by atoms with van der Waals surface area (Å²) >= 11 is 1.21. The molecular weight excluding hydrogens is 410 g/mol. The maximum absolute atomic E-state index is 14.5. The van der Waals surface area contributed by atoms with Crippen LogP contribution < -0.4 is 0 Å². The zero-order valence-electron chi connectivity index (χ0n) is 15.4. The predicted octanol–water partition coefficient (Wildman–Crippen LogP) is 3.23. The lowest BCUT2D eigenvalue weighted by atomic mass is 9.90. The molecule has 11 heteroatoms. The maximum Gasteiger partial charge on any atom is 0.256 e. The van der Waals surface area contributed by atoms with Crippen LogP contribution in [0.4, 0.5) is 17.6 Å². The van der Waals surface area contributed by atoms with Crippen LogP contribution in [0.2, 0.25) is 0 Å². The Bertz CT molecular complexity index is 936. The number of hydrogen-bond acceptors (Lipinski definition) is 5. The van der Waals surface area contributed by atoms with Crippen molar-refractivity contribution in [2.24, 2.45) is 0 Å². The van der Waals surface area contributed by atoms with Gasteiger partial charge in [0.25, 0.3) is 6.43 Å². The molecule has 6 nitrogen and oxygen atoms in total. The van der Waals surface area contributed by atoms with Crippen LogP contribution in [-0.2, 0) is 24.4 Å². The minimum absolute atomic E-state index is 0.0923. The molecule has 0 fully saturated rings. The lowest BCUT2D eigenvalue weighted by molar-refractivity contribution is 0.0133. The maximum atomic E-state index is 14.5. The van der Waals surface area contributed by atoms with Gasteiger partial charge in [0, 0.05) is 29.3 Å². The highest BCUT2D eigenvalue weighted by atomic mass is 32.2. The molecule has 0 aliphatic rings. The van der Waals surface area contributed by atoms with Crippen LogP contribution in [0.5, 0.6) is 0 Å². The van der Waals surface area contributed by atoms with Gasteiger partial charge in [0.05, 0.1) is 18.8 Å². The van der Waals surface area contributed by atoms with Crippen molar-refractivity contribution < 1.29 is 22.7 Å². The standard InChI is InChI=1S/C18H19F4N5OS/c1-12(29-8-17-24-4-5-26(17)7-16(21)22)18(28,9-27-11-23-10-25-27)14-3-2-13(19)6-15(14)20/h2-6,10-12,16,28H,7-9H2,1H3/t12-,18-/m1/s1. The van der Waals surface area contributed by atoms with E-state index in [4.69, 9.17) is 0 Å². The molecule has 2 atom stereocenters. The van der Waals surface area contributed by atoms with Crippen molar-refractivity contribution in [3.05, 3.63) is 66.3 Å². The fraction of sp³-hybridized carbons (Fsp3) is 0.389. The number of benzene rings is 1. The van der Waals surface area contributed by atoms with Gasteiger partial charge in [0.15, 0.2) is 0 Å². The molecule has 3 aromatic rings. The van der Waals surface area contributed by atoms with Crippen molar-refractivity contribution in [1.29, 1.82) is 0 Å². The molecule has 0 amide bonds. The molecule has 0 saturated carbocycles. The average molecular weight is 429 g/mol. The van der Waals surface area contributed by atoms with Gasteiger partial charge in [-0.25, -0.2) is 32.2 Å². The van der Waals surface area contributed by atoms with Gasteiger partial charge in [-0.15, -0.1) is 11.8 Å². The van der Waals surface area contributed by atoms with E-state index in [9.17, 15) is 22.7 Å². The lowest BCUT2D eigenvalue weighted by Crippen LogP contribution is -2.41. The van der Waals surface area contributed by atoms with Gasteiger partial charge >= 0.3 is 0 Å². The molecule has 1 aromatic carbocycles. The Morgan fingerprint density at radius 1 is 1.28 bits per heavy atom. The fourth-order valence-electron chi connectivity index (χ4n) is 2.97. The number of aromatic nitrogens is 5. The summed E-state index contributed by atoms with van der Waals surface area (Å²) in [5.41, 5.74) is -1.86. The smallest absolute Gasteiger partial charge is 0.256 e. The van der Waals surface area contributed by atoms with Gasteiger partial charge < -0.3 is 9.67 Å². The van der Waals surface area contributed by atoms with Crippen LogP contribution in [-0.4, -0.2) is 41.1 Å². The SMILES string of the molecule is C[C@@H](SCc1nccn1CC(F)F)[C@](O)(Cn1cncn1)c1ccc(F)cc1F. The number of rotatable bonds is 9. The summed E-state index contributed by atoms with van der Waals surface area (Å²) in [6.07, 6.45) is 3.00. The van der Waals surface area contributed by atoms with E-state index in [1.807, 2.05) is 0 Å². The van der Waals surface area contributed by atoms with E-state index >= 15 is 0 Å². The highest BCUT2D eigenvalue weighted by Crippen LogP contribution is 2.37. The van der Waals surface area contributed by atoms with E-state index in [2.05, 4.69) is 15.1 Å². The summed E-state index contributed by atoms with van der Waals surface area (Å²) in [6.45, 7) is 1.06. The van der Waals surface area contributed by atoms with Gasteiger partial charge in [0.1, 0.15) is 35.7 Å². The summed E-state index contributed by atoms with van der Waals surface area (Å²) in [5, 5.41) is 14.8. The third-order valence-corrected chi connectivity index (χ3v) is 5.85. The highest BCUT2D eigenvalue weighted by Gasteiger charge is 2.39. The van der Waals surface area contributed by atoms with Gasteiger partial charge in [-0.2, -0.15) is 5.10 Å². The molecule has 29 heavy (non-hydrogen) atoms. The van der Waals surface area contributed by atoms with Crippen LogP contribution in [0.1, 0.15) is 18.3 Å². The highest BCUT2D eigenvalue weighted by molar-refractivity contribution is 7.99. The first-order chi connectivity index (χ1) is 13.8. The lowest BCUT2D eigenvalue weighted by Gasteiger charge is -2.34. The van der Waals surface area contributed by atoms with Gasteiger partial charge in [-0.3, -0.25) is 0 Å². The second-order valence-electron chi connectivity index (χ2n) is 6.48. The first kappa shape index (κ1) is 21.3. The number of hydrogen-bond donors (Lipinski definition) is 1. The largest absolute Gasteiger partial charge is 0.382 e. The van der Waals surface area contributed by atoms with Crippen molar-refractivity contribution in [2.75, 3.05) is 0 Å². The van der Waals surface area contributed by atoms with E-state index in [0.717, 1.165) is 6.07 Å². The zero-order valence-corrected chi connectivity index (χ0v) is 16.2. The Hall–Kier alpha value is -2.40. The zero-order chi connectivity index (χ0) is 21.0. The Morgan fingerprint density at radius 3 is 2.72 bits per heavy atom. The predicted molar refractivity (Wildman–Crippen MR) is 99.3 cm³/mol. The van der Waals surface area contributed by atoms with Crippen LogP contribution in [0.15, 0.2) is 43.2 Å². The molecule has 1 N–H and O–H groups in total. The van der Waals surface area contributed by atoms with Crippen LogP contribution >= 0.6 is 11.8 Å². The van der Waals surface area contributed by atoms with Crippen LogP contribution in [0, 0.1) is 11.6 Å². The Morgan fingerprint density at radius 2 is 2.07 bits per heavy atom. The normalized spacial score (nSPS) is 14.9. The minimum atomic E-state index is -2.53. The van der Waals surface area contributed by atoms with Crippen molar-refractivity contribution in [2.45, 2.75) is 43.0 Å². The third-order valence-electron chi connectivity index (χ3n) is 4.54. The van der Waals surface area contributed by atoms with Gasteiger partial charge in [0.2, 0.25) is 0 Å². The van der Waals surface area contributed by atoms with Crippen molar-refractivity contribution in [3.63, 3.8) is 0 Å². The second-order valence-corrected chi connectivity index (χ2v) is 7.81. The number of aliphatic hydroxyl groups is 1. The number of imidazole rings is 1. The summed E-state index contributed by atoms with van der Waals surface area (Å²) in [6, 6.07) is 2.96. The van der Waals surface area contributed by atoms with Gasteiger partial charge in [-0.1, -0.05) is 13.0 Å². The third kappa shape index (κ3) is 4.96. The molecule has 0 unspecified atom stereocenters. The molecule has 0 radical (unpaired) electrons. The van der Waals surface area contributed by atoms with E-state index in [-0.39, 0.29) is 17.9 Å². The number of thioether (sulfide) groups is 1. The molecule has 156 valence electrons. The first-order valence-electron chi connectivity index (χ1n) is 8.69. The molecule has 0 spiro atoms. The Kier molecular flexibility index (Phi) is 6.58. The van der Waals surface area contributed by atoms with Crippen LogP contribution in [0.25, 0.3) is 0 Å². The fourth-order valence-corrected chi connectivity index (χ4v) is 4.08. The monoisotopic (exact) mass is 429 g/mol. The average Bonchev–Trinajstić information content (AvgIpc) is 3.31. The van der Waals surface area contributed by atoms with Gasteiger partial charge in [-0.05, 0) is 6.07 Å². The Labute approximate surface area is 168 Å². The molecule has 2 heterocycles. The molecule has 0 aliphatic heterocycles. The quantitative estimate of drug-likeness (QED) is 0.529. The summed E-state index contributed by atoms with van der Waals surface area (Å²) in [7, 11) is 0. The summed E-state index contributed by atoms with van der Waals surface area (Å²) in [4.78, 5) is 7.89. The van der Waals surface area contributed by atoms with E-state index in [1.54, 1.807) is 6.92 Å². The molecule has 2 aromatic heterocycles. The summed E-state index contributed by atoms with van der Waals surface area (Å²) < 4.78 is 55.9. The summed E-state index contributed by atoms with van der Waals surface area (Å²) in [5.74, 6) is -1.03. The van der Waals surface area contributed by atoms with E-state index in [0.29, 0.717) is 11.9 Å². The molecule has 0 saturated heterocycles.